The number of benzene rings is 1. The fourth-order valence-corrected chi connectivity index (χ4v) is 3.00. The molecule has 0 radical (unpaired) electrons. The molecule has 0 fully saturated rings. The summed E-state index contributed by atoms with van der Waals surface area (Å²) < 4.78 is 10.7. The van der Waals surface area contributed by atoms with Crippen molar-refractivity contribution in [1.82, 2.24) is 5.32 Å². The number of rotatable bonds is 5. The Morgan fingerprint density at radius 3 is 3.00 bits per heavy atom. The van der Waals surface area contributed by atoms with E-state index in [0.29, 0.717) is 6.04 Å². The van der Waals surface area contributed by atoms with E-state index in [1.165, 1.54) is 11.1 Å². The average molecular weight is 287 g/mol. The van der Waals surface area contributed by atoms with Crippen LogP contribution in [-0.4, -0.2) is 24.9 Å². The second-order valence-electron chi connectivity index (χ2n) is 5.49. The monoisotopic (exact) mass is 287 g/mol. The van der Waals surface area contributed by atoms with E-state index in [4.69, 9.17) is 9.15 Å². The third-order valence-electron chi connectivity index (χ3n) is 4.15. The molecule has 2 aromatic rings. The Kier molecular flexibility index (Phi) is 4.27. The molecule has 0 saturated carbocycles. The third kappa shape index (κ3) is 3.12. The summed E-state index contributed by atoms with van der Waals surface area (Å²) in [5.74, 6) is 1.69. The largest absolute Gasteiger partial charge is 0.497 e. The standard InChI is InChI=1S/C17H21NO3/c1-20-15-7-5-12-4-6-14(9-13(12)10-15)18-16(11-19)17-3-2-8-21-17/h2-3,5,7-8,10,14,16,18-19H,4,6,9,11H2,1H3/t14-,16-/m1/s1. The van der Waals surface area contributed by atoms with Crippen LogP contribution in [0.5, 0.6) is 5.75 Å². The summed E-state index contributed by atoms with van der Waals surface area (Å²) >= 11 is 0. The summed E-state index contributed by atoms with van der Waals surface area (Å²) in [7, 11) is 1.69. The molecule has 0 aliphatic heterocycles. The van der Waals surface area contributed by atoms with Crippen LogP contribution in [0.2, 0.25) is 0 Å². The number of ether oxygens (including phenoxy) is 1. The highest BCUT2D eigenvalue weighted by Gasteiger charge is 2.23. The highest BCUT2D eigenvalue weighted by Crippen LogP contribution is 2.27. The molecule has 0 spiro atoms. The predicted molar refractivity (Wildman–Crippen MR) is 80.5 cm³/mol. The Balaban J connectivity index is 1.70. The molecule has 0 unspecified atom stereocenters. The van der Waals surface area contributed by atoms with E-state index < -0.39 is 0 Å². The van der Waals surface area contributed by atoms with E-state index in [0.717, 1.165) is 30.8 Å². The van der Waals surface area contributed by atoms with Gasteiger partial charge in [0.05, 0.1) is 26.0 Å². The van der Waals surface area contributed by atoms with Gasteiger partial charge in [-0.05, 0) is 54.7 Å². The van der Waals surface area contributed by atoms with Crippen LogP contribution in [0.1, 0.15) is 29.3 Å². The van der Waals surface area contributed by atoms with Crippen LogP contribution >= 0.6 is 0 Å². The van der Waals surface area contributed by atoms with Gasteiger partial charge in [-0.15, -0.1) is 0 Å². The molecule has 0 amide bonds. The number of furan rings is 1. The van der Waals surface area contributed by atoms with Crippen LogP contribution in [0.15, 0.2) is 41.0 Å². The van der Waals surface area contributed by atoms with Crippen molar-refractivity contribution in [1.29, 1.82) is 0 Å². The van der Waals surface area contributed by atoms with E-state index in [9.17, 15) is 5.11 Å². The summed E-state index contributed by atoms with van der Waals surface area (Å²) in [6.45, 7) is 0.0367. The molecule has 0 saturated heterocycles. The van der Waals surface area contributed by atoms with Gasteiger partial charge in [0, 0.05) is 6.04 Å². The molecule has 1 aromatic heterocycles. The van der Waals surface area contributed by atoms with Crippen molar-refractivity contribution in [3.05, 3.63) is 53.5 Å². The summed E-state index contributed by atoms with van der Waals surface area (Å²) in [4.78, 5) is 0. The third-order valence-corrected chi connectivity index (χ3v) is 4.15. The minimum atomic E-state index is -0.142. The minimum absolute atomic E-state index is 0.0367. The van der Waals surface area contributed by atoms with Crippen LogP contribution in [0, 0.1) is 0 Å². The zero-order chi connectivity index (χ0) is 14.7. The molecular formula is C17H21NO3. The quantitative estimate of drug-likeness (QED) is 0.887. The minimum Gasteiger partial charge on any atom is -0.497 e. The van der Waals surface area contributed by atoms with Gasteiger partial charge < -0.3 is 19.6 Å². The second-order valence-corrected chi connectivity index (χ2v) is 5.49. The van der Waals surface area contributed by atoms with Crippen molar-refractivity contribution in [2.24, 2.45) is 0 Å². The van der Waals surface area contributed by atoms with E-state index >= 15 is 0 Å². The molecule has 21 heavy (non-hydrogen) atoms. The molecule has 1 aromatic carbocycles. The Labute approximate surface area is 124 Å². The van der Waals surface area contributed by atoms with Crippen molar-refractivity contribution in [2.45, 2.75) is 31.3 Å². The summed E-state index contributed by atoms with van der Waals surface area (Å²) in [6.07, 6.45) is 4.70. The first-order valence-corrected chi connectivity index (χ1v) is 7.36. The number of aryl methyl sites for hydroxylation is 1. The fraction of sp³-hybridized carbons (Fsp3) is 0.412. The smallest absolute Gasteiger partial charge is 0.123 e. The number of aliphatic hydroxyl groups is 1. The zero-order valence-corrected chi connectivity index (χ0v) is 12.2. The van der Waals surface area contributed by atoms with Crippen LogP contribution in [0.25, 0.3) is 0 Å². The summed E-state index contributed by atoms with van der Waals surface area (Å²) in [5, 5.41) is 13.1. The maximum absolute atomic E-state index is 9.56. The lowest BCUT2D eigenvalue weighted by Crippen LogP contribution is -2.38. The van der Waals surface area contributed by atoms with Crippen molar-refractivity contribution in [3.8, 4) is 5.75 Å². The van der Waals surface area contributed by atoms with Crippen molar-refractivity contribution in [2.75, 3.05) is 13.7 Å². The van der Waals surface area contributed by atoms with Crippen LogP contribution in [0.3, 0.4) is 0 Å². The molecule has 4 nitrogen and oxygen atoms in total. The van der Waals surface area contributed by atoms with Gasteiger partial charge in [-0.2, -0.15) is 0 Å². The SMILES string of the molecule is COc1ccc2c(c1)C[C@H](N[C@H](CO)c1ccco1)CC2. The van der Waals surface area contributed by atoms with Gasteiger partial charge >= 0.3 is 0 Å². The van der Waals surface area contributed by atoms with E-state index in [1.807, 2.05) is 18.2 Å². The number of hydrogen-bond acceptors (Lipinski definition) is 4. The normalized spacial score (nSPS) is 19.0. The highest BCUT2D eigenvalue weighted by atomic mass is 16.5. The number of aliphatic hydroxyl groups excluding tert-OH is 1. The number of nitrogens with one attached hydrogen (secondary N) is 1. The lowest BCUT2D eigenvalue weighted by atomic mass is 9.87. The molecule has 1 heterocycles. The van der Waals surface area contributed by atoms with Crippen molar-refractivity contribution in [3.63, 3.8) is 0 Å². The first-order chi connectivity index (χ1) is 10.3. The van der Waals surface area contributed by atoms with Gasteiger partial charge in [-0.1, -0.05) is 6.07 Å². The van der Waals surface area contributed by atoms with Crippen molar-refractivity contribution >= 4 is 0 Å². The summed E-state index contributed by atoms with van der Waals surface area (Å²) in [6, 6.07) is 10.2. The topological polar surface area (TPSA) is 54.6 Å². The Hall–Kier alpha value is -1.78. The van der Waals surface area contributed by atoms with Crippen LogP contribution < -0.4 is 10.1 Å². The maximum Gasteiger partial charge on any atom is 0.123 e. The second kappa shape index (κ2) is 6.33. The Morgan fingerprint density at radius 2 is 2.29 bits per heavy atom. The lowest BCUT2D eigenvalue weighted by molar-refractivity contribution is 0.210. The molecule has 2 N–H and O–H groups in total. The van der Waals surface area contributed by atoms with E-state index in [-0.39, 0.29) is 12.6 Å². The average Bonchev–Trinajstić information content (AvgIpc) is 3.06. The first kappa shape index (κ1) is 14.2. The van der Waals surface area contributed by atoms with Crippen molar-refractivity contribution < 1.29 is 14.3 Å². The summed E-state index contributed by atoms with van der Waals surface area (Å²) in [5.41, 5.74) is 2.72. The lowest BCUT2D eigenvalue weighted by Gasteiger charge is -2.28. The number of hydrogen-bond donors (Lipinski definition) is 2. The van der Waals surface area contributed by atoms with Gasteiger partial charge in [0.1, 0.15) is 11.5 Å². The zero-order valence-electron chi connectivity index (χ0n) is 12.2. The van der Waals surface area contributed by atoms with Gasteiger partial charge in [0.2, 0.25) is 0 Å². The molecular weight excluding hydrogens is 266 g/mol. The van der Waals surface area contributed by atoms with Gasteiger partial charge in [-0.25, -0.2) is 0 Å². The molecule has 112 valence electrons. The van der Waals surface area contributed by atoms with Gasteiger partial charge in [0.15, 0.2) is 0 Å². The molecule has 4 heteroatoms. The fourth-order valence-electron chi connectivity index (χ4n) is 3.00. The van der Waals surface area contributed by atoms with E-state index in [2.05, 4.69) is 17.4 Å². The predicted octanol–water partition coefficient (Wildman–Crippen LogP) is 2.47. The highest BCUT2D eigenvalue weighted by molar-refractivity contribution is 5.38. The Morgan fingerprint density at radius 1 is 1.38 bits per heavy atom. The maximum atomic E-state index is 9.56. The first-order valence-electron chi connectivity index (χ1n) is 7.36. The van der Waals surface area contributed by atoms with Crippen LogP contribution in [-0.2, 0) is 12.8 Å². The molecule has 2 atom stereocenters. The molecule has 0 bridgehead atoms. The number of methoxy groups -OCH3 is 1. The number of fused-ring (bicyclic) bond motifs is 1. The van der Waals surface area contributed by atoms with E-state index in [1.54, 1.807) is 13.4 Å². The van der Waals surface area contributed by atoms with Gasteiger partial charge in [-0.3, -0.25) is 0 Å². The molecule has 1 aliphatic carbocycles. The molecule has 1 aliphatic rings. The Bertz CT molecular complexity index is 580. The molecule has 3 rings (SSSR count). The van der Waals surface area contributed by atoms with Gasteiger partial charge in [0.25, 0.3) is 0 Å². The van der Waals surface area contributed by atoms with Crippen LogP contribution in [0.4, 0.5) is 0 Å².